The summed E-state index contributed by atoms with van der Waals surface area (Å²) in [6.07, 6.45) is 2.67. The van der Waals surface area contributed by atoms with Gasteiger partial charge in [0.1, 0.15) is 0 Å². The Balaban J connectivity index is 0.931. The summed E-state index contributed by atoms with van der Waals surface area (Å²) in [5.41, 5.74) is 13.9. The molecule has 2 aliphatic heterocycles. The van der Waals surface area contributed by atoms with Crippen LogP contribution in [0.1, 0.15) is 73.2 Å². The highest BCUT2D eigenvalue weighted by Crippen LogP contribution is 2.39. The maximum absolute atomic E-state index is 12.8. The molecule has 0 aromatic heterocycles. The van der Waals surface area contributed by atoms with Crippen LogP contribution in [-0.4, -0.2) is 65.6 Å². The number of para-hydroxylation sites is 2. The van der Waals surface area contributed by atoms with E-state index in [4.69, 9.17) is 15.2 Å². The van der Waals surface area contributed by atoms with Crippen molar-refractivity contribution in [3.8, 4) is 11.1 Å². The van der Waals surface area contributed by atoms with Gasteiger partial charge in [0.15, 0.2) is 6.29 Å². The number of nitrogens with zero attached hydrogens (tertiary/aromatic N) is 3. The molecule has 2 aliphatic rings. The number of nitro benzene ring substituents is 1. The molecule has 2 amide bonds. The third-order valence-corrected chi connectivity index (χ3v) is 11.4. The van der Waals surface area contributed by atoms with Gasteiger partial charge in [0.05, 0.1) is 35.1 Å². The minimum atomic E-state index is -0.594. The zero-order valence-corrected chi connectivity index (χ0v) is 34.3. The van der Waals surface area contributed by atoms with E-state index in [0.717, 1.165) is 78.2 Å². The quantitative estimate of drug-likeness (QED) is 0.0313. The predicted molar refractivity (Wildman–Crippen MR) is 236 cm³/mol. The SMILES string of the molecule is Nc1ccccc1NC(=O)CCCCCC(=O)NCc1ccccc1-c1ccc(C2OC(CN3CCN(c4ccc([N+](=O)[O-])cc4)CC3)CC(c3ccc(CO)cc3)O2)cc1. The topological polar surface area (TPSA) is 173 Å². The second-order valence-electron chi connectivity index (χ2n) is 15.7. The van der Waals surface area contributed by atoms with Crippen molar-refractivity contribution in [3.05, 3.63) is 154 Å². The van der Waals surface area contributed by atoms with E-state index in [0.29, 0.717) is 50.0 Å². The van der Waals surface area contributed by atoms with Crippen molar-refractivity contribution in [1.29, 1.82) is 0 Å². The molecule has 0 spiro atoms. The van der Waals surface area contributed by atoms with E-state index in [2.05, 4.69) is 38.6 Å². The third kappa shape index (κ3) is 11.8. The molecule has 5 aromatic carbocycles. The second-order valence-corrected chi connectivity index (χ2v) is 15.7. The van der Waals surface area contributed by atoms with Gasteiger partial charge in [-0.15, -0.1) is 0 Å². The van der Waals surface area contributed by atoms with Crippen LogP contribution in [0.15, 0.2) is 121 Å². The molecular formula is C48H54N6O7. The van der Waals surface area contributed by atoms with Crippen LogP contribution in [0.4, 0.5) is 22.7 Å². The summed E-state index contributed by atoms with van der Waals surface area (Å²) in [6, 6.07) is 38.1. The number of hydrogen-bond acceptors (Lipinski definition) is 10. The maximum Gasteiger partial charge on any atom is 0.269 e. The highest BCUT2D eigenvalue weighted by Gasteiger charge is 2.34. The summed E-state index contributed by atoms with van der Waals surface area (Å²) in [5.74, 6) is -0.116. The molecule has 0 radical (unpaired) electrons. The Bertz CT molecular complexity index is 2230. The normalized spacial score (nSPS) is 18.0. The standard InChI is InChI=1S/C48H54N6O7/c49-43-10-6-7-11-44(43)51-47(57)13-3-1-2-12-46(56)50-31-38-8-4-5-9-42(38)35-18-20-37(21-19-35)48-60-41(30-45(61-48)36-16-14-34(33-55)15-17-36)32-52-26-28-53(29-27-52)39-22-24-40(25-23-39)54(58)59/h4-11,14-25,41,45,48,55H,1-3,12-13,26-33,49H2,(H,50,56)(H,51,57). The number of carbonyl (C=O) groups excluding carboxylic acids is 2. The smallest absolute Gasteiger partial charge is 0.269 e. The van der Waals surface area contributed by atoms with E-state index in [9.17, 15) is 24.8 Å². The molecule has 318 valence electrons. The highest BCUT2D eigenvalue weighted by molar-refractivity contribution is 5.93. The van der Waals surface area contributed by atoms with Gasteiger partial charge >= 0.3 is 0 Å². The summed E-state index contributed by atoms with van der Waals surface area (Å²) in [7, 11) is 0. The van der Waals surface area contributed by atoms with Gasteiger partial charge in [-0.2, -0.15) is 0 Å². The van der Waals surface area contributed by atoms with E-state index >= 15 is 0 Å². The fourth-order valence-electron chi connectivity index (χ4n) is 7.92. The Kier molecular flexibility index (Phi) is 14.7. The van der Waals surface area contributed by atoms with E-state index in [1.807, 2.05) is 78.9 Å². The summed E-state index contributed by atoms with van der Waals surface area (Å²) in [5, 5.41) is 26.7. The van der Waals surface area contributed by atoms with Gasteiger partial charge in [0.25, 0.3) is 5.69 Å². The van der Waals surface area contributed by atoms with Crippen LogP contribution in [-0.2, 0) is 32.2 Å². The number of non-ortho nitro benzene ring substituents is 1. The van der Waals surface area contributed by atoms with Gasteiger partial charge < -0.3 is 35.8 Å². The predicted octanol–water partition coefficient (Wildman–Crippen LogP) is 7.91. The van der Waals surface area contributed by atoms with Crippen LogP contribution < -0.4 is 21.3 Å². The number of ether oxygens (including phenoxy) is 2. The van der Waals surface area contributed by atoms with Gasteiger partial charge in [-0.1, -0.05) is 91.3 Å². The van der Waals surface area contributed by atoms with Gasteiger partial charge in [-0.25, -0.2) is 0 Å². The molecule has 61 heavy (non-hydrogen) atoms. The fraction of sp³-hybridized carbons (Fsp3) is 0.333. The number of aliphatic hydroxyl groups excluding tert-OH is 1. The number of rotatable bonds is 17. The fourth-order valence-corrected chi connectivity index (χ4v) is 7.92. The monoisotopic (exact) mass is 826 g/mol. The molecule has 3 atom stereocenters. The summed E-state index contributed by atoms with van der Waals surface area (Å²) < 4.78 is 13.3. The van der Waals surface area contributed by atoms with Crippen LogP contribution in [0.2, 0.25) is 0 Å². The maximum atomic E-state index is 12.8. The minimum Gasteiger partial charge on any atom is -0.397 e. The lowest BCUT2D eigenvalue weighted by Crippen LogP contribution is -2.49. The van der Waals surface area contributed by atoms with E-state index in [1.165, 1.54) is 0 Å². The number of nitrogens with one attached hydrogen (secondary N) is 2. The molecule has 2 saturated heterocycles. The molecular weight excluding hydrogens is 773 g/mol. The van der Waals surface area contributed by atoms with Crippen molar-refractivity contribution in [3.63, 3.8) is 0 Å². The van der Waals surface area contributed by atoms with E-state index < -0.39 is 6.29 Å². The first-order valence-electron chi connectivity index (χ1n) is 21.0. The average molecular weight is 827 g/mol. The molecule has 0 aliphatic carbocycles. The molecule has 13 nitrogen and oxygen atoms in total. The minimum absolute atomic E-state index is 0.0244. The van der Waals surface area contributed by atoms with Gasteiger partial charge in [-0.3, -0.25) is 24.6 Å². The van der Waals surface area contributed by atoms with Crippen molar-refractivity contribution in [1.82, 2.24) is 10.2 Å². The van der Waals surface area contributed by atoms with Crippen LogP contribution in [0.25, 0.3) is 11.1 Å². The van der Waals surface area contributed by atoms with Gasteiger partial charge in [-0.05, 0) is 64.9 Å². The van der Waals surface area contributed by atoms with Crippen molar-refractivity contribution >= 4 is 34.6 Å². The number of aliphatic hydroxyl groups is 1. The molecule has 0 saturated carbocycles. The van der Waals surface area contributed by atoms with Crippen LogP contribution >= 0.6 is 0 Å². The number of benzene rings is 5. The number of anilines is 3. The van der Waals surface area contributed by atoms with Crippen molar-refractivity contribution in [2.75, 3.05) is 48.7 Å². The zero-order chi connectivity index (χ0) is 42.6. The molecule has 13 heteroatoms. The van der Waals surface area contributed by atoms with Gasteiger partial charge in [0.2, 0.25) is 11.8 Å². The summed E-state index contributed by atoms with van der Waals surface area (Å²) >= 11 is 0. The molecule has 2 fully saturated rings. The number of piperazine rings is 1. The Morgan fingerprint density at radius 1 is 0.770 bits per heavy atom. The van der Waals surface area contributed by atoms with Gasteiger partial charge in [0, 0.05) is 81.9 Å². The van der Waals surface area contributed by atoms with Crippen LogP contribution in [0.3, 0.4) is 0 Å². The summed E-state index contributed by atoms with van der Waals surface area (Å²) in [4.78, 5) is 40.5. The highest BCUT2D eigenvalue weighted by atomic mass is 16.7. The Morgan fingerprint density at radius 2 is 1.44 bits per heavy atom. The van der Waals surface area contributed by atoms with Crippen LogP contribution in [0, 0.1) is 10.1 Å². The van der Waals surface area contributed by atoms with E-state index in [-0.39, 0.29) is 41.2 Å². The van der Waals surface area contributed by atoms with E-state index in [1.54, 1.807) is 24.3 Å². The average Bonchev–Trinajstić information content (AvgIpc) is 3.29. The van der Waals surface area contributed by atoms with Crippen LogP contribution in [0.5, 0.6) is 0 Å². The number of nitro groups is 1. The zero-order valence-electron chi connectivity index (χ0n) is 34.3. The molecule has 5 aromatic rings. The third-order valence-electron chi connectivity index (χ3n) is 11.4. The Morgan fingerprint density at radius 3 is 2.15 bits per heavy atom. The van der Waals surface area contributed by atoms with Crippen molar-refractivity contribution < 1.29 is 29.1 Å². The number of amides is 2. The first-order valence-corrected chi connectivity index (χ1v) is 21.0. The second kappa shape index (κ2) is 20.9. The van der Waals surface area contributed by atoms with Crippen molar-refractivity contribution in [2.45, 2.75) is 70.2 Å². The van der Waals surface area contributed by atoms with Crippen molar-refractivity contribution in [2.24, 2.45) is 0 Å². The first kappa shape index (κ1) is 43.0. The number of hydrogen-bond donors (Lipinski definition) is 4. The molecule has 3 unspecified atom stereocenters. The number of nitrogen functional groups attached to an aromatic ring is 1. The number of carbonyl (C=O) groups is 2. The lowest BCUT2D eigenvalue weighted by molar-refractivity contribution is -0.384. The first-order chi connectivity index (χ1) is 29.7. The molecule has 5 N–H and O–H groups in total. The summed E-state index contributed by atoms with van der Waals surface area (Å²) in [6.45, 7) is 4.38. The Labute approximate surface area is 356 Å². The molecule has 7 rings (SSSR count). The Hall–Kier alpha value is -6.12. The lowest BCUT2D eigenvalue weighted by Gasteiger charge is -2.41. The largest absolute Gasteiger partial charge is 0.397 e. The molecule has 2 heterocycles. The molecule has 0 bridgehead atoms. The number of unbranched alkanes of at least 4 members (excludes halogenated alkanes) is 2. The number of nitrogens with two attached hydrogens (primary N) is 1. The lowest BCUT2D eigenvalue weighted by atomic mass is 9.97.